The Labute approximate surface area is 138 Å². The minimum atomic E-state index is 0.117. The molecule has 1 saturated carbocycles. The van der Waals surface area contributed by atoms with E-state index in [-0.39, 0.29) is 6.61 Å². The van der Waals surface area contributed by atoms with Crippen LogP contribution in [0.25, 0.3) is 0 Å². The Balaban J connectivity index is 1.36. The van der Waals surface area contributed by atoms with Gasteiger partial charge in [-0.15, -0.1) is 0 Å². The van der Waals surface area contributed by atoms with Gasteiger partial charge in [-0.25, -0.2) is 0 Å². The lowest BCUT2D eigenvalue weighted by Gasteiger charge is -2.53. The van der Waals surface area contributed by atoms with Crippen LogP contribution < -0.4 is 0 Å². The van der Waals surface area contributed by atoms with Crippen molar-refractivity contribution in [1.82, 2.24) is 9.80 Å². The number of hydrogen-bond donors (Lipinski definition) is 2. The zero-order valence-electron chi connectivity index (χ0n) is 13.8. The third-order valence-corrected chi connectivity index (χ3v) is 5.90. The summed E-state index contributed by atoms with van der Waals surface area (Å²) in [6.45, 7) is 6.06. The second-order valence-corrected chi connectivity index (χ2v) is 7.95. The molecule has 2 heterocycles. The molecule has 4 heteroatoms. The molecule has 1 aromatic carbocycles. The lowest BCUT2D eigenvalue weighted by atomic mass is 9.84. The third kappa shape index (κ3) is 3.18. The molecule has 3 aliphatic rings. The van der Waals surface area contributed by atoms with E-state index < -0.39 is 0 Å². The number of rotatable bonds is 6. The Hall–Kier alpha value is -0.940. The first-order chi connectivity index (χ1) is 11.2. The highest BCUT2D eigenvalue weighted by Gasteiger charge is 2.53. The summed E-state index contributed by atoms with van der Waals surface area (Å²) >= 11 is 0. The molecule has 4 nitrogen and oxygen atoms in total. The standard InChI is InChI=1S/C19H28N2O2/c22-11-17-5-3-15(4-6-17)8-20-13-19(14-20)7-18(12-23)10-21(19)9-16-1-2-16/h3-6,16,18,22-23H,1-2,7-14H2. The van der Waals surface area contributed by atoms with Gasteiger partial charge < -0.3 is 10.2 Å². The van der Waals surface area contributed by atoms with Crippen molar-refractivity contribution in [2.24, 2.45) is 11.8 Å². The number of hydrogen-bond acceptors (Lipinski definition) is 4. The van der Waals surface area contributed by atoms with Gasteiger partial charge in [0, 0.05) is 44.9 Å². The second-order valence-electron chi connectivity index (χ2n) is 7.95. The van der Waals surface area contributed by atoms with Gasteiger partial charge in [-0.2, -0.15) is 0 Å². The molecule has 1 aromatic rings. The maximum atomic E-state index is 9.58. The van der Waals surface area contributed by atoms with Crippen molar-refractivity contribution >= 4 is 0 Å². The van der Waals surface area contributed by atoms with Crippen molar-refractivity contribution in [2.45, 2.75) is 38.0 Å². The van der Waals surface area contributed by atoms with E-state index in [2.05, 4.69) is 21.9 Å². The molecule has 3 fully saturated rings. The molecule has 0 radical (unpaired) electrons. The number of aliphatic hydroxyl groups excluding tert-OH is 2. The molecule has 4 rings (SSSR count). The molecule has 1 spiro atoms. The van der Waals surface area contributed by atoms with Crippen LogP contribution in [0.5, 0.6) is 0 Å². The number of likely N-dealkylation sites (tertiary alicyclic amines) is 2. The van der Waals surface area contributed by atoms with E-state index in [0.717, 1.165) is 44.1 Å². The molecule has 23 heavy (non-hydrogen) atoms. The minimum Gasteiger partial charge on any atom is -0.396 e. The summed E-state index contributed by atoms with van der Waals surface area (Å²) in [5, 5.41) is 18.7. The van der Waals surface area contributed by atoms with Crippen LogP contribution in [0.2, 0.25) is 0 Å². The van der Waals surface area contributed by atoms with Gasteiger partial charge in [-0.1, -0.05) is 24.3 Å². The average Bonchev–Trinajstić information content (AvgIpc) is 3.28. The normalized spacial score (nSPS) is 27.5. The van der Waals surface area contributed by atoms with Gasteiger partial charge in [0.05, 0.1) is 6.61 Å². The number of nitrogens with zero attached hydrogens (tertiary/aromatic N) is 2. The first-order valence-corrected chi connectivity index (χ1v) is 8.98. The fourth-order valence-corrected chi connectivity index (χ4v) is 4.47. The third-order valence-electron chi connectivity index (χ3n) is 5.90. The minimum absolute atomic E-state index is 0.117. The van der Waals surface area contributed by atoms with Gasteiger partial charge in [0.15, 0.2) is 0 Å². The lowest BCUT2D eigenvalue weighted by Crippen LogP contribution is -2.67. The largest absolute Gasteiger partial charge is 0.396 e. The molecule has 2 N–H and O–H groups in total. The van der Waals surface area contributed by atoms with E-state index in [4.69, 9.17) is 5.11 Å². The van der Waals surface area contributed by atoms with Crippen LogP contribution in [0.3, 0.4) is 0 Å². The molecule has 1 unspecified atom stereocenters. The average molecular weight is 316 g/mol. The quantitative estimate of drug-likeness (QED) is 0.834. The van der Waals surface area contributed by atoms with Crippen molar-refractivity contribution in [3.05, 3.63) is 35.4 Å². The smallest absolute Gasteiger partial charge is 0.0681 e. The Morgan fingerprint density at radius 1 is 1.00 bits per heavy atom. The zero-order chi connectivity index (χ0) is 15.9. The lowest BCUT2D eigenvalue weighted by molar-refractivity contribution is -0.0364. The molecular weight excluding hydrogens is 288 g/mol. The Morgan fingerprint density at radius 3 is 2.30 bits per heavy atom. The summed E-state index contributed by atoms with van der Waals surface area (Å²) in [4.78, 5) is 5.21. The maximum Gasteiger partial charge on any atom is 0.0681 e. The van der Waals surface area contributed by atoms with Crippen molar-refractivity contribution in [3.8, 4) is 0 Å². The van der Waals surface area contributed by atoms with Crippen LogP contribution in [-0.4, -0.2) is 58.3 Å². The summed E-state index contributed by atoms with van der Waals surface area (Å²) in [5.74, 6) is 1.39. The first kappa shape index (κ1) is 15.6. The summed E-state index contributed by atoms with van der Waals surface area (Å²) < 4.78 is 0. The Kier molecular flexibility index (Phi) is 4.18. The molecule has 0 aromatic heterocycles. The Bertz CT molecular complexity index is 535. The van der Waals surface area contributed by atoms with Gasteiger partial charge in [-0.05, 0) is 42.2 Å². The molecule has 0 bridgehead atoms. The van der Waals surface area contributed by atoms with Gasteiger partial charge in [0.2, 0.25) is 0 Å². The van der Waals surface area contributed by atoms with Crippen molar-refractivity contribution < 1.29 is 10.2 Å². The van der Waals surface area contributed by atoms with Crippen molar-refractivity contribution in [3.63, 3.8) is 0 Å². The van der Waals surface area contributed by atoms with Gasteiger partial charge in [-0.3, -0.25) is 9.80 Å². The molecule has 1 aliphatic carbocycles. The van der Waals surface area contributed by atoms with Gasteiger partial charge >= 0.3 is 0 Å². The zero-order valence-corrected chi connectivity index (χ0v) is 13.8. The fourth-order valence-electron chi connectivity index (χ4n) is 4.47. The predicted molar refractivity (Wildman–Crippen MR) is 89.9 cm³/mol. The highest BCUT2D eigenvalue weighted by molar-refractivity contribution is 5.23. The highest BCUT2D eigenvalue weighted by atomic mass is 16.3. The summed E-state index contributed by atoms with van der Waals surface area (Å²) in [5.41, 5.74) is 2.63. The van der Waals surface area contributed by atoms with E-state index in [1.54, 1.807) is 0 Å². The van der Waals surface area contributed by atoms with Gasteiger partial charge in [0.1, 0.15) is 0 Å². The van der Waals surface area contributed by atoms with Crippen LogP contribution in [0.4, 0.5) is 0 Å². The van der Waals surface area contributed by atoms with Crippen LogP contribution >= 0.6 is 0 Å². The summed E-state index contributed by atoms with van der Waals surface area (Å²) in [7, 11) is 0. The molecule has 1 atom stereocenters. The van der Waals surface area contributed by atoms with Gasteiger partial charge in [0.25, 0.3) is 0 Å². The SMILES string of the molecule is OCc1ccc(CN2CC3(CC(CO)CN3CC3CC3)C2)cc1. The van der Waals surface area contributed by atoms with E-state index in [1.807, 2.05) is 12.1 Å². The van der Waals surface area contributed by atoms with Crippen LogP contribution in [-0.2, 0) is 13.2 Å². The van der Waals surface area contributed by atoms with Crippen LogP contribution in [0.15, 0.2) is 24.3 Å². The maximum absolute atomic E-state index is 9.58. The molecule has 0 amide bonds. The monoisotopic (exact) mass is 316 g/mol. The molecular formula is C19H28N2O2. The van der Waals surface area contributed by atoms with E-state index in [1.165, 1.54) is 24.9 Å². The summed E-state index contributed by atoms with van der Waals surface area (Å²) in [6.07, 6.45) is 3.96. The molecule has 2 aliphatic heterocycles. The first-order valence-electron chi connectivity index (χ1n) is 8.98. The summed E-state index contributed by atoms with van der Waals surface area (Å²) in [6, 6.07) is 8.29. The van der Waals surface area contributed by atoms with E-state index in [9.17, 15) is 5.11 Å². The second kappa shape index (κ2) is 6.17. The number of aliphatic hydroxyl groups is 2. The fraction of sp³-hybridized carbons (Fsp3) is 0.684. The molecule has 126 valence electrons. The van der Waals surface area contributed by atoms with E-state index >= 15 is 0 Å². The highest BCUT2D eigenvalue weighted by Crippen LogP contribution is 2.43. The van der Waals surface area contributed by atoms with Crippen LogP contribution in [0.1, 0.15) is 30.4 Å². The topological polar surface area (TPSA) is 46.9 Å². The molecule has 2 saturated heterocycles. The Morgan fingerprint density at radius 2 is 1.70 bits per heavy atom. The predicted octanol–water partition coefficient (Wildman–Crippen LogP) is 1.46. The van der Waals surface area contributed by atoms with Crippen molar-refractivity contribution in [2.75, 3.05) is 32.8 Å². The van der Waals surface area contributed by atoms with Crippen LogP contribution in [0, 0.1) is 11.8 Å². The van der Waals surface area contributed by atoms with E-state index in [0.29, 0.717) is 18.1 Å². The van der Waals surface area contributed by atoms with Crippen molar-refractivity contribution in [1.29, 1.82) is 0 Å². The number of benzene rings is 1.